The van der Waals surface area contributed by atoms with Gasteiger partial charge in [0.1, 0.15) is 10.8 Å². The largest absolute Gasteiger partial charge is 0.389 e. The Kier molecular flexibility index (Phi) is 4.23. The number of benzene rings is 1. The maximum Gasteiger partial charge on any atom is 0.222 e. The number of amides is 1. The lowest BCUT2D eigenvalue weighted by molar-refractivity contribution is -0.122. The third-order valence-electron chi connectivity index (χ3n) is 3.83. The Labute approximate surface area is 122 Å². The fourth-order valence-corrected chi connectivity index (χ4v) is 2.69. The molecule has 4 nitrogen and oxygen atoms in total. The van der Waals surface area contributed by atoms with Crippen LogP contribution in [0.5, 0.6) is 0 Å². The summed E-state index contributed by atoms with van der Waals surface area (Å²) in [5.41, 5.74) is 11.8. The first-order chi connectivity index (χ1) is 9.40. The highest BCUT2D eigenvalue weighted by atomic mass is 32.1. The molecular formula is C14H18FN3OS. The first-order valence-corrected chi connectivity index (χ1v) is 6.96. The molecule has 1 saturated heterocycles. The van der Waals surface area contributed by atoms with E-state index in [0.29, 0.717) is 17.8 Å². The highest BCUT2D eigenvalue weighted by Crippen LogP contribution is 2.30. The number of nitrogens with zero attached hydrogens (tertiary/aromatic N) is 1. The lowest BCUT2D eigenvalue weighted by Gasteiger charge is -2.38. The second-order valence-corrected chi connectivity index (χ2v) is 5.65. The lowest BCUT2D eigenvalue weighted by Crippen LogP contribution is -2.46. The molecule has 0 aliphatic carbocycles. The molecule has 0 spiro atoms. The van der Waals surface area contributed by atoms with Crippen LogP contribution in [-0.2, 0) is 4.79 Å². The summed E-state index contributed by atoms with van der Waals surface area (Å²) >= 11 is 4.83. The van der Waals surface area contributed by atoms with Gasteiger partial charge >= 0.3 is 0 Å². The third-order valence-corrected chi connectivity index (χ3v) is 4.06. The number of primary amides is 1. The van der Waals surface area contributed by atoms with Gasteiger partial charge in [0.15, 0.2) is 0 Å². The Morgan fingerprint density at radius 2 is 2.10 bits per heavy atom. The average Bonchev–Trinajstić information content (AvgIpc) is 2.39. The molecule has 2 rings (SSSR count). The lowest BCUT2D eigenvalue weighted by atomic mass is 9.92. The van der Waals surface area contributed by atoms with Gasteiger partial charge in [-0.1, -0.05) is 12.2 Å². The van der Waals surface area contributed by atoms with Crippen molar-refractivity contribution in [3.63, 3.8) is 0 Å². The molecule has 1 fully saturated rings. The highest BCUT2D eigenvalue weighted by Gasteiger charge is 2.30. The monoisotopic (exact) mass is 295 g/mol. The molecule has 2 unspecified atom stereocenters. The molecule has 1 aliphatic heterocycles. The van der Waals surface area contributed by atoms with Crippen molar-refractivity contribution in [2.24, 2.45) is 17.4 Å². The van der Waals surface area contributed by atoms with E-state index in [1.54, 1.807) is 12.1 Å². The van der Waals surface area contributed by atoms with Crippen LogP contribution < -0.4 is 16.4 Å². The number of hydrogen-bond acceptors (Lipinski definition) is 3. The van der Waals surface area contributed by atoms with Crippen LogP contribution in [0, 0.1) is 11.7 Å². The van der Waals surface area contributed by atoms with Crippen molar-refractivity contribution in [2.75, 3.05) is 11.4 Å². The molecule has 1 aliphatic rings. The molecule has 0 radical (unpaired) electrons. The van der Waals surface area contributed by atoms with Gasteiger partial charge in [-0.05, 0) is 38.0 Å². The highest BCUT2D eigenvalue weighted by molar-refractivity contribution is 7.80. The van der Waals surface area contributed by atoms with E-state index in [1.807, 2.05) is 11.8 Å². The summed E-state index contributed by atoms with van der Waals surface area (Å²) in [7, 11) is 0. The summed E-state index contributed by atoms with van der Waals surface area (Å²) in [4.78, 5) is 13.4. The maximum atomic E-state index is 14.2. The molecule has 0 bridgehead atoms. The van der Waals surface area contributed by atoms with Gasteiger partial charge in [-0.15, -0.1) is 0 Å². The Balaban J connectivity index is 2.29. The summed E-state index contributed by atoms with van der Waals surface area (Å²) in [5.74, 6) is -0.949. The van der Waals surface area contributed by atoms with Crippen molar-refractivity contribution < 1.29 is 9.18 Å². The van der Waals surface area contributed by atoms with E-state index in [2.05, 4.69) is 0 Å². The van der Waals surface area contributed by atoms with Crippen LogP contribution in [-0.4, -0.2) is 23.5 Å². The fraction of sp³-hybridized carbons (Fsp3) is 0.429. The zero-order chi connectivity index (χ0) is 14.9. The topological polar surface area (TPSA) is 72.4 Å². The average molecular weight is 295 g/mol. The van der Waals surface area contributed by atoms with E-state index in [9.17, 15) is 9.18 Å². The molecule has 20 heavy (non-hydrogen) atoms. The van der Waals surface area contributed by atoms with E-state index in [-0.39, 0.29) is 28.7 Å². The molecule has 2 atom stereocenters. The van der Waals surface area contributed by atoms with Gasteiger partial charge in [0.25, 0.3) is 0 Å². The van der Waals surface area contributed by atoms with Crippen molar-refractivity contribution in [2.45, 2.75) is 25.8 Å². The number of nitrogens with two attached hydrogens (primary N) is 2. The van der Waals surface area contributed by atoms with Crippen molar-refractivity contribution in [1.29, 1.82) is 0 Å². The quantitative estimate of drug-likeness (QED) is 0.830. The summed E-state index contributed by atoms with van der Waals surface area (Å²) in [5, 5.41) is 0. The van der Waals surface area contributed by atoms with Gasteiger partial charge in [0, 0.05) is 18.2 Å². The molecule has 0 aromatic heterocycles. The Hall–Kier alpha value is -1.69. The number of hydrogen-bond donors (Lipinski definition) is 2. The van der Waals surface area contributed by atoms with Crippen LogP contribution in [0.3, 0.4) is 0 Å². The Bertz CT molecular complexity index is 549. The van der Waals surface area contributed by atoms with Gasteiger partial charge in [-0.25, -0.2) is 4.39 Å². The van der Waals surface area contributed by atoms with E-state index in [4.69, 9.17) is 23.7 Å². The summed E-state index contributed by atoms with van der Waals surface area (Å²) < 4.78 is 14.2. The summed E-state index contributed by atoms with van der Waals surface area (Å²) in [6, 6.07) is 4.85. The minimum absolute atomic E-state index is 0.163. The SMILES string of the molecule is CC1CCC(C(N)=O)CN1c1ccc(C(N)=S)cc1F. The van der Waals surface area contributed by atoms with Gasteiger partial charge in [-0.3, -0.25) is 4.79 Å². The molecule has 1 aromatic rings. The smallest absolute Gasteiger partial charge is 0.222 e. The zero-order valence-corrected chi connectivity index (χ0v) is 12.1. The van der Waals surface area contributed by atoms with Crippen molar-refractivity contribution in [3.05, 3.63) is 29.6 Å². The molecule has 1 aromatic carbocycles. The molecule has 1 amide bonds. The van der Waals surface area contributed by atoms with Gasteiger partial charge < -0.3 is 16.4 Å². The van der Waals surface area contributed by atoms with Gasteiger partial charge in [0.05, 0.1) is 11.6 Å². The Morgan fingerprint density at radius 3 is 2.65 bits per heavy atom. The van der Waals surface area contributed by atoms with E-state index < -0.39 is 0 Å². The molecule has 108 valence electrons. The van der Waals surface area contributed by atoms with Gasteiger partial charge in [0.2, 0.25) is 5.91 Å². The standard InChI is InChI=1S/C14H18FN3OS/c1-8-2-3-10(13(16)19)7-18(8)12-5-4-9(14(17)20)6-11(12)15/h4-6,8,10H,2-3,7H2,1H3,(H2,16,19)(H2,17,20). The predicted octanol–water partition coefficient (Wildman–Crippen LogP) is 1.55. The first kappa shape index (κ1) is 14.7. The van der Waals surface area contributed by atoms with Crippen LogP contribution in [0.15, 0.2) is 18.2 Å². The summed E-state index contributed by atoms with van der Waals surface area (Å²) in [6.07, 6.45) is 1.56. The van der Waals surface area contributed by atoms with Gasteiger partial charge in [-0.2, -0.15) is 0 Å². The van der Waals surface area contributed by atoms with Crippen LogP contribution in [0.4, 0.5) is 10.1 Å². The van der Waals surface area contributed by atoms with E-state index >= 15 is 0 Å². The maximum absolute atomic E-state index is 14.2. The van der Waals surface area contributed by atoms with Crippen LogP contribution >= 0.6 is 12.2 Å². The predicted molar refractivity (Wildman–Crippen MR) is 81.0 cm³/mol. The number of carbonyl (C=O) groups is 1. The summed E-state index contributed by atoms with van der Waals surface area (Å²) in [6.45, 7) is 2.46. The first-order valence-electron chi connectivity index (χ1n) is 6.55. The number of carbonyl (C=O) groups excluding carboxylic acids is 1. The van der Waals surface area contributed by atoms with Crippen LogP contribution in [0.25, 0.3) is 0 Å². The van der Waals surface area contributed by atoms with Crippen molar-refractivity contribution >= 4 is 28.8 Å². The van der Waals surface area contributed by atoms with Crippen molar-refractivity contribution in [3.8, 4) is 0 Å². The number of piperidine rings is 1. The number of thiocarbonyl (C=S) groups is 1. The van der Waals surface area contributed by atoms with E-state index in [0.717, 1.165) is 12.8 Å². The van der Waals surface area contributed by atoms with E-state index in [1.165, 1.54) is 6.07 Å². The molecular weight excluding hydrogens is 277 g/mol. The third kappa shape index (κ3) is 2.90. The number of rotatable bonds is 3. The van der Waals surface area contributed by atoms with Crippen molar-refractivity contribution in [1.82, 2.24) is 0 Å². The van der Waals surface area contributed by atoms with Crippen LogP contribution in [0.1, 0.15) is 25.3 Å². The molecule has 4 N–H and O–H groups in total. The minimum atomic E-state index is -0.382. The second kappa shape index (κ2) is 5.75. The number of halogens is 1. The zero-order valence-electron chi connectivity index (χ0n) is 11.3. The minimum Gasteiger partial charge on any atom is -0.389 e. The normalized spacial score (nSPS) is 22.6. The van der Waals surface area contributed by atoms with Crippen LogP contribution in [0.2, 0.25) is 0 Å². The molecule has 1 heterocycles. The number of anilines is 1. The second-order valence-electron chi connectivity index (χ2n) is 5.21. The Morgan fingerprint density at radius 1 is 1.40 bits per heavy atom. The molecule has 6 heteroatoms. The fourth-order valence-electron chi connectivity index (χ4n) is 2.57. The molecule has 0 saturated carbocycles.